The molecular weight excluding hydrogens is 618 g/mol. The highest BCUT2D eigenvalue weighted by atomic mass is 16.6. The molecule has 0 fully saturated rings. The van der Waals surface area contributed by atoms with Gasteiger partial charge in [-0.3, -0.25) is 9.59 Å². The van der Waals surface area contributed by atoms with Crippen LogP contribution in [0.2, 0.25) is 0 Å². The second kappa shape index (κ2) is 33.5. The second-order valence-electron chi connectivity index (χ2n) is 15.2. The smallest absolute Gasteiger partial charge is 0.306 e. The molecular formula is C41H79NO7. The van der Waals surface area contributed by atoms with Gasteiger partial charge in [-0.25, -0.2) is 0 Å². The molecule has 0 aromatic heterocycles. The van der Waals surface area contributed by atoms with E-state index in [1.165, 1.54) is 122 Å². The van der Waals surface area contributed by atoms with Crippen LogP contribution in [0, 0.1) is 0 Å². The van der Waals surface area contributed by atoms with Gasteiger partial charge in [0, 0.05) is 19.3 Å². The third-order valence-corrected chi connectivity index (χ3v) is 9.49. The monoisotopic (exact) mass is 698 g/mol. The first-order valence-corrected chi connectivity index (χ1v) is 20.6. The number of rotatable bonds is 37. The number of carboxylic acid groups (broad SMARTS) is 1. The summed E-state index contributed by atoms with van der Waals surface area (Å²) in [5.74, 6) is -1.72. The fourth-order valence-electron chi connectivity index (χ4n) is 6.25. The maximum absolute atomic E-state index is 12.7. The largest absolute Gasteiger partial charge is 0.544 e. The van der Waals surface area contributed by atoms with Crippen molar-refractivity contribution in [3.63, 3.8) is 0 Å². The number of unbranched alkanes of at least 4 members (excludes halogenated alkanes) is 23. The average Bonchev–Trinajstić information content (AvgIpc) is 3.05. The number of carbonyl (C=O) groups excluding carboxylic acids is 3. The molecule has 8 nitrogen and oxygen atoms in total. The summed E-state index contributed by atoms with van der Waals surface area (Å²) in [4.78, 5) is 36.6. The minimum Gasteiger partial charge on any atom is -0.544 e. The van der Waals surface area contributed by atoms with Crippen LogP contribution in [0.1, 0.15) is 194 Å². The lowest BCUT2D eigenvalue weighted by Crippen LogP contribution is -2.55. The molecule has 0 heterocycles. The standard InChI is InChI=1S/C41H79NO7/c1-6-8-10-12-14-16-17-18-19-20-21-22-23-24-26-28-30-32-40(44)49-37(35-47-34-33-38(41(45)46)42(3,4)5)36-48-39(43)31-29-27-25-15-13-11-9-7-2/h37-38H,6-36H2,1-5H3. The molecule has 0 saturated carbocycles. The Labute approximate surface area is 302 Å². The van der Waals surface area contributed by atoms with Crippen molar-refractivity contribution in [2.24, 2.45) is 0 Å². The highest BCUT2D eigenvalue weighted by Crippen LogP contribution is 2.15. The predicted octanol–water partition coefficient (Wildman–Crippen LogP) is 9.25. The van der Waals surface area contributed by atoms with E-state index < -0.39 is 18.1 Å². The van der Waals surface area contributed by atoms with Crippen molar-refractivity contribution in [3.05, 3.63) is 0 Å². The van der Waals surface area contributed by atoms with Crippen molar-refractivity contribution in [3.8, 4) is 0 Å². The third-order valence-electron chi connectivity index (χ3n) is 9.49. The number of quaternary nitrogens is 1. The Bertz CT molecular complexity index is 782. The van der Waals surface area contributed by atoms with E-state index in [0.717, 1.165) is 38.5 Å². The summed E-state index contributed by atoms with van der Waals surface area (Å²) in [6.45, 7) is 4.65. The zero-order valence-corrected chi connectivity index (χ0v) is 32.9. The zero-order chi connectivity index (χ0) is 36.4. The van der Waals surface area contributed by atoms with Crippen LogP contribution in [-0.4, -0.2) is 75.5 Å². The number of nitrogens with zero attached hydrogens (tertiary/aromatic N) is 1. The lowest BCUT2D eigenvalue weighted by molar-refractivity contribution is -0.889. The van der Waals surface area contributed by atoms with Crippen LogP contribution in [0.15, 0.2) is 0 Å². The summed E-state index contributed by atoms with van der Waals surface area (Å²) in [6.07, 6.45) is 31.3. The Hall–Kier alpha value is -1.67. The highest BCUT2D eigenvalue weighted by molar-refractivity contribution is 5.70. The summed E-state index contributed by atoms with van der Waals surface area (Å²) in [5, 5.41) is 11.6. The summed E-state index contributed by atoms with van der Waals surface area (Å²) in [5.41, 5.74) is 0. The number of carboxylic acids is 1. The van der Waals surface area contributed by atoms with Gasteiger partial charge in [-0.2, -0.15) is 0 Å². The molecule has 0 bridgehead atoms. The van der Waals surface area contributed by atoms with Crippen molar-refractivity contribution in [1.29, 1.82) is 0 Å². The minimum atomic E-state index is -1.12. The fraction of sp³-hybridized carbons (Fsp3) is 0.927. The Morgan fingerprint density at radius 3 is 1.27 bits per heavy atom. The van der Waals surface area contributed by atoms with Crippen molar-refractivity contribution in [2.75, 3.05) is 41.0 Å². The predicted molar refractivity (Wildman–Crippen MR) is 199 cm³/mol. The van der Waals surface area contributed by atoms with E-state index in [1.54, 1.807) is 21.1 Å². The number of hydrogen-bond donors (Lipinski definition) is 0. The number of ether oxygens (including phenoxy) is 3. The summed E-state index contributed by atoms with van der Waals surface area (Å²) in [6, 6.07) is -0.717. The quantitative estimate of drug-likeness (QED) is 0.0362. The summed E-state index contributed by atoms with van der Waals surface area (Å²) >= 11 is 0. The molecule has 2 unspecified atom stereocenters. The van der Waals surface area contributed by atoms with Gasteiger partial charge in [0.25, 0.3) is 0 Å². The molecule has 0 radical (unpaired) electrons. The van der Waals surface area contributed by atoms with Crippen LogP contribution >= 0.6 is 0 Å². The minimum absolute atomic E-state index is 0.0484. The van der Waals surface area contributed by atoms with Crippen molar-refractivity contribution in [1.82, 2.24) is 0 Å². The van der Waals surface area contributed by atoms with E-state index in [2.05, 4.69) is 13.8 Å². The van der Waals surface area contributed by atoms with Crippen LogP contribution < -0.4 is 5.11 Å². The van der Waals surface area contributed by atoms with E-state index in [-0.39, 0.29) is 42.7 Å². The molecule has 0 aliphatic rings. The SMILES string of the molecule is CCCCCCCCCCCCCCCCCCCC(=O)OC(COCCC(C(=O)[O-])[N+](C)(C)C)COC(=O)CCCCCCCCCC. The number of likely N-dealkylation sites (N-methyl/N-ethyl adjacent to an activating group) is 1. The second-order valence-corrected chi connectivity index (χ2v) is 15.2. The number of carbonyl (C=O) groups is 3. The van der Waals surface area contributed by atoms with Crippen molar-refractivity contribution < 1.29 is 38.2 Å². The van der Waals surface area contributed by atoms with Crippen LogP contribution in [0.25, 0.3) is 0 Å². The molecule has 0 N–H and O–H groups in total. The average molecular weight is 698 g/mol. The molecule has 2 atom stereocenters. The molecule has 0 rings (SSSR count). The van der Waals surface area contributed by atoms with E-state index in [1.807, 2.05) is 0 Å². The fourth-order valence-corrected chi connectivity index (χ4v) is 6.25. The Kier molecular flexibility index (Phi) is 32.3. The van der Waals surface area contributed by atoms with Gasteiger partial charge >= 0.3 is 11.9 Å². The van der Waals surface area contributed by atoms with Gasteiger partial charge < -0.3 is 28.6 Å². The molecule has 0 aliphatic carbocycles. The lowest BCUT2D eigenvalue weighted by atomic mass is 10.0. The molecule has 0 spiro atoms. The zero-order valence-electron chi connectivity index (χ0n) is 32.9. The van der Waals surface area contributed by atoms with Gasteiger partial charge in [-0.15, -0.1) is 0 Å². The summed E-state index contributed by atoms with van der Waals surface area (Å²) < 4.78 is 17.1. The Balaban J connectivity index is 4.27. The van der Waals surface area contributed by atoms with Gasteiger partial charge in [-0.05, 0) is 12.8 Å². The lowest BCUT2D eigenvalue weighted by Gasteiger charge is -2.34. The molecule has 0 aromatic carbocycles. The van der Waals surface area contributed by atoms with Crippen LogP contribution in [0.3, 0.4) is 0 Å². The molecule has 290 valence electrons. The number of aliphatic carboxylic acids is 1. The van der Waals surface area contributed by atoms with E-state index in [0.29, 0.717) is 12.8 Å². The molecule has 49 heavy (non-hydrogen) atoms. The Morgan fingerprint density at radius 2 is 0.898 bits per heavy atom. The molecule has 0 aromatic rings. The summed E-state index contributed by atoms with van der Waals surface area (Å²) in [7, 11) is 5.41. The van der Waals surface area contributed by atoms with Gasteiger partial charge in [0.15, 0.2) is 6.10 Å². The topological polar surface area (TPSA) is 102 Å². The van der Waals surface area contributed by atoms with Crippen molar-refractivity contribution >= 4 is 17.9 Å². The molecule has 8 heteroatoms. The molecule has 0 amide bonds. The van der Waals surface area contributed by atoms with E-state index >= 15 is 0 Å². The third kappa shape index (κ3) is 32.0. The first-order valence-electron chi connectivity index (χ1n) is 20.6. The van der Waals surface area contributed by atoms with Crippen LogP contribution in [0.5, 0.6) is 0 Å². The first kappa shape index (κ1) is 47.3. The van der Waals surface area contributed by atoms with E-state index in [9.17, 15) is 19.5 Å². The number of esters is 2. The van der Waals surface area contributed by atoms with Crippen LogP contribution in [-0.2, 0) is 28.6 Å². The normalized spacial score (nSPS) is 12.9. The highest BCUT2D eigenvalue weighted by Gasteiger charge is 2.25. The maximum Gasteiger partial charge on any atom is 0.306 e. The van der Waals surface area contributed by atoms with Gasteiger partial charge in [0.05, 0.1) is 40.3 Å². The van der Waals surface area contributed by atoms with Gasteiger partial charge in [0.1, 0.15) is 12.6 Å². The number of hydrogen-bond acceptors (Lipinski definition) is 7. The first-order chi connectivity index (χ1) is 23.6. The molecule has 0 saturated heterocycles. The van der Waals surface area contributed by atoms with Gasteiger partial charge in [0.2, 0.25) is 0 Å². The maximum atomic E-state index is 12.7. The molecule has 0 aliphatic heterocycles. The van der Waals surface area contributed by atoms with Crippen LogP contribution in [0.4, 0.5) is 0 Å². The van der Waals surface area contributed by atoms with Crippen molar-refractivity contribution in [2.45, 2.75) is 206 Å². The van der Waals surface area contributed by atoms with Gasteiger partial charge in [-0.1, -0.05) is 162 Å². The van der Waals surface area contributed by atoms with E-state index in [4.69, 9.17) is 14.2 Å². The Morgan fingerprint density at radius 1 is 0.531 bits per heavy atom.